The van der Waals surface area contributed by atoms with E-state index in [1.807, 2.05) is 6.20 Å². The molecule has 2 heterocycles. The molecule has 0 fully saturated rings. The molecule has 0 aromatic carbocycles. The Morgan fingerprint density at radius 2 is 2.00 bits per heavy atom. The van der Waals surface area contributed by atoms with Crippen molar-refractivity contribution in [1.29, 1.82) is 0 Å². The molecule has 0 N–H and O–H groups in total. The van der Waals surface area contributed by atoms with E-state index in [0.29, 0.717) is 12.0 Å². The number of pyridine rings is 1. The van der Waals surface area contributed by atoms with Crippen LogP contribution in [0.2, 0.25) is 0 Å². The molecule has 2 heteroatoms. The van der Waals surface area contributed by atoms with Crippen LogP contribution < -0.4 is 4.90 Å². The number of hydrogen-bond donors (Lipinski definition) is 0. The topological polar surface area (TPSA) is 16.1 Å². The minimum Gasteiger partial charge on any atom is -0.344 e. The third kappa shape index (κ3) is 2.36. The van der Waals surface area contributed by atoms with Crippen LogP contribution >= 0.6 is 0 Å². The molecular weight excluding hydrogens is 208 g/mol. The predicted octanol–water partition coefficient (Wildman–Crippen LogP) is 3.88. The van der Waals surface area contributed by atoms with Gasteiger partial charge in [0.05, 0.1) is 11.4 Å². The lowest BCUT2D eigenvalue weighted by Crippen LogP contribution is -2.27. The maximum absolute atomic E-state index is 4.59. The number of aryl methyl sites for hydroxylation is 1. The van der Waals surface area contributed by atoms with Crippen LogP contribution in [0.5, 0.6) is 0 Å². The van der Waals surface area contributed by atoms with Crippen LogP contribution in [0.3, 0.4) is 0 Å². The summed E-state index contributed by atoms with van der Waals surface area (Å²) in [6.07, 6.45) is 8.70. The highest BCUT2D eigenvalue weighted by Crippen LogP contribution is 2.33. The van der Waals surface area contributed by atoms with E-state index in [1.165, 1.54) is 16.9 Å². The molecule has 0 saturated heterocycles. The summed E-state index contributed by atoms with van der Waals surface area (Å²) >= 11 is 0. The molecule has 0 aliphatic carbocycles. The maximum atomic E-state index is 4.59. The number of fused-ring (bicyclic) bond motifs is 1. The summed E-state index contributed by atoms with van der Waals surface area (Å²) in [6, 6.07) is 2.65. The Labute approximate surface area is 104 Å². The van der Waals surface area contributed by atoms with Gasteiger partial charge in [-0.2, -0.15) is 0 Å². The summed E-state index contributed by atoms with van der Waals surface area (Å²) < 4.78 is 0. The van der Waals surface area contributed by atoms with E-state index in [-0.39, 0.29) is 0 Å². The van der Waals surface area contributed by atoms with Crippen molar-refractivity contribution in [2.75, 3.05) is 4.90 Å². The molecule has 2 rings (SSSR count). The summed E-state index contributed by atoms with van der Waals surface area (Å²) in [5, 5.41) is 0. The number of allylic oxidation sites excluding steroid dienone is 1. The van der Waals surface area contributed by atoms with E-state index >= 15 is 0 Å². The van der Waals surface area contributed by atoms with Gasteiger partial charge in [0.25, 0.3) is 0 Å². The Morgan fingerprint density at radius 1 is 1.24 bits per heavy atom. The summed E-state index contributed by atoms with van der Waals surface area (Å²) in [5.41, 5.74) is 4.00. The first-order valence-corrected chi connectivity index (χ1v) is 6.54. The fourth-order valence-electron chi connectivity index (χ4n) is 2.37. The van der Waals surface area contributed by atoms with Crippen molar-refractivity contribution in [2.45, 2.75) is 52.5 Å². The molecule has 0 atom stereocenters. The molecule has 17 heavy (non-hydrogen) atoms. The predicted molar refractivity (Wildman–Crippen MR) is 73.4 cm³/mol. The van der Waals surface area contributed by atoms with E-state index in [1.54, 1.807) is 0 Å². The lowest BCUT2D eigenvalue weighted by Gasteiger charge is -2.29. The van der Waals surface area contributed by atoms with Gasteiger partial charge in [-0.25, -0.2) is 0 Å². The van der Waals surface area contributed by atoms with E-state index in [9.17, 15) is 0 Å². The van der Waals surface area contributed by atoms with E-state index in [0.717, 1.165) is 12.8 Å². The van der Waals surface area contributed by atoms with Crippen molar-refractivity contribution in [3.05, 3.63) is 35.8 Å². The lowest BCUT2D eigenvalue weighted by molar-refractivity contribution is 0.749. The standard InChI is InChI=1S/C15H22N2/c1-11(2)14-15-13(8-9-16-14)7-5-6-10-17(15)12(3)4/h6,8-12H,5,7H2,1-4H3. The van der Waals surface area contributed by atoms with Crippen LogP contribution in [0.4, 0.5) is 5.69 Å². The summed E-state index contributed by atoms with van der Waals surface area (Å²) in [4.78, 5) is 6.96. The Kier molecular flexibility index (Phi) is 3.51. The average molecular weight is 230 g/mol. The normalized spacial score (nSPS) is 15.3. The molecule has 1 aliphatic heterocycles. The van der Waals surface area contributed by atoms with Crippen LogP contribution in [-0.2, 0) is 6.42 Å². The smallest absolute Gasteiger partial charge is 0.0668 e. The second-order valence-corrected chi connectivity index (χ2v) is 5.28. The first kappa shape index (κ1) is 12.2. The van der Waals surface area contributed by atoms with Gasteiger partial charge < -0.3 is 4.90 Å². The number of nitrogens with zero attached hydrogens (tertiary/aromatic N) is 2. The fraction of sp³-hybridized carbons (Fsp3) is 0.533. The van der Waals surface area contributed by atoms with Crippen molar-refractivity contribution >= 4 is 5.69 Å². The monoisotopic (exact) mass is 230 g/mol. The first-order valence-electron chi connectivity index (χ1n) is 6.54. The Hall–Kier alpha value is -1.31. The highest BCUT2D eigenvalue weighted by Gasteiger charge is 2.20. The van der Waals surface area contributed by atoms with Gasteiger partial charge in [-0.15, -0.1) is 0 Å². The number of aromatic nitrogens is 1. The minimum atomic E-state index is 0.470. The van der Waals surface area contributed by atoms with Gasteiger partial charge in [0.2, 0.25) is 0 Å². The summed E-state index contributed by atoms with van der Waals surface area (Å²) in [6.45, 7) is 8.90. The second kappa shape index (κ2) is 4.91. The van der Waals surface area contributed by atoms with Crippen LogP contribution in [0, 0.1) is 0 Å². The highest BCUT2D eigenvalue weighted by atomic mass is 15.1. The molecule has 0 saturated carbocycles. The van der Waals surface area contributed by atoms with Crippen molar-refractivity contribution in [3.63, 3.8) is 0 Å². The molecule has 1 aliphatic rings. The molecule has 0 radical (unpaired) electrons. The Balaban J connectivity index is 2.57. The molecule has 2 nitrogen and oxygen atoms in total. The van der Waals surface area contributed by atoms with Gasteiger partial charge >= 0.3 is 0 Å². The SMILES string of the molecule is CC(C)c1nccc2c1N(C(C)C)C=CCC2. The molecule has 0 bridgehead atoms. The van der Waals surface area contributed by atoms with Crippen molar-refractivity contribution in [2.24, 2.45) is 0 Å². The third-order valence-corrected chi connectivity index (χ3v) is 3.24. The Morgan fingerprint density at radius 3 is 2.65 bits per heavy atom. The van der Waals surface area contributed by atoms with Crippen LogP contribution in [0.15, 0.2) is 24.5 Å². The van der Waals surface area contributed by atoms with Crippen LogP contribution in [-0.4, -0.2) is 11.0 Å². The van der Waals surface area contributed by atoms with Gasteiger partial charge in [-0.1, -0.05) is 19.9 Å². The molecular formula is C15H22N2. The van der Waals surface area contributed by atoms with Gasteiger partial charge in [0.15, 0.2) is 0 Å². The Bertz CT molecular complexity index is 419. The van der Waals surface area contributed by atoms with E-state index < -0.39 is 0 Å². The third-order valence-electron chi connectivity index (χ3n) is 3.24. The maximum Gasteiger partial charge on any atom is 0.0668 e. The number of hydrogen-bond acceptors (Lipinski definition) is 2. The number of rotatable bonds is 2. The van der Waals surface area contributed by atoms with Gasteiger partial charge in [0, 0.05) is 18.4 Å². The molecule has 1 aromatic heterocycles. The largest absolute Gasteiger partial charge is 0.344 e. The van der Waals surface area contributed by atoms with E-state index in [2.05, 4.69) is 55.9 Å². The van der Waals surface area contributed by atoms with Gasteiger partial charge in [-0.3, -0.25) is 4.98 Å². The van der Waals surface area contributed by atoms with Crippen LogP contribution in [0.25, 0.3) is 0 Å². The van der Waals surface area contributed by atoms with E-state index in [4.69, 9.17) is 0 Å². The van der Waals surface area contributed by atoms with Gasteiger partial charge in [0.1, 0.15) is 0 Å². The quantitative estimate of drug-likeness (QED) is 0.766. The fourth-order valence-corrected chi connectivity index (χ4v) is 2.37. The average Bonchev–Trinajstić information content (AvgIpc) is 2.50. The second-order valence-electron chi connectivity index (χ2n) is 5.28. The lowest BCUT2D eigenvalue weighted by atomic mass is 10.0. The van der Waals surface area contributed by atoms with Crippen LogP contribution in [0.1, 0.15) is 51.3 Å². The summed E-state index contributed by atoms with van der Waals surface area (Å²) in [5.74, 6) is 0.470. The van der Waals surface area contributed by atoms with Crippen molar-refractivity contribution < 1.29 is 0 Å². The molecule has 92 valence electrons. The van der Waals surface area contributed by atoms with Crippen molar-refractivity contribution in [1.82, 2.24) is 4.98 Å². The molecule has 0 unspecified atom stereocenters. The zero-order valence-corrected chi connectivity index (χ0v) is 11.3. The zero-order chi connectivity index (χ0) is 12.4. The van der Waals surface area contributed by atoms with Gasteiger partial charge in [-0.05, 0) is 44.2 Å². The number of anilines is 1. The molecule has 1 aromatic rings. The minimum absolute atomic E-state index is 0.470. The molecule has 0 spiro atoms. The summed E-state index contributed by atoms with van der Waals surface area (Å²) in [7, 11) is 0. The first-order chi connectivity index (χ1) is 8.11. The molecule has 0 amide bonds. The highest BCUT2D eigenvalue weighted by molar-refractivity contribution is 5.61. The zero-order valence-electron chi connectivity index (χ0n) is 11.3. The van der Waals surface area contributed by atoms with Crippen molar-refractivity contribution in [3.8, 4) is 0 Å².